The smallest absolute Gasteiger partial charge is 0.124 e. The van der Waals surface area contributed by atoms with E-state index in [9.17, 15) is 10.2 Å². The Morgan fingerprint density at radius 2 is 1.41 bits per heavy atom. The van der Waals surface area contributed by atoms with Crippen LogP contribution in [0, 0.1) is 0 Å². The highest BCUT2D eigenvalue weighted by atomic mass is 16.5. The van der Waals surface area contributed by atoms with E-state index in [2.05, 4.69) is 66.4 Å². The van der Waals surface area contributed by atoms with Gasteiger partial charge in [-0.05, 0) is 73.9 Å². The second kappa shape index (κ2) is 20.2. The van der Waals surface area contributed by atoms with Crippen LogP contribution in [0.4, 0.5) is 0 Å². The van der Waals surface area contributed by atoms with E-state index in [1.54, 1.807) is 0 Å². The predicted molar refractivity (Wildman–Crippen MR) is 168 cm³/mol. The van der Waals surface area contributed by atoms with E-state index >= 15 is 0 Å². The zero-order valence-electron chi connectivity index (χ0n) is 25.1. The average molecular weight is 562 g/mol. The Morgan fingerprint density at radius 3 is 2.12 bits per heavy atom. The summed E-state index contributed by atoms with van der Waals surface area (Å²) >= 11 is 0. The van der Waals surface area contributed by atoms with E-state index in [-0.39, 0.29) is 6.61 Å². The summed E-state index contributed by atoms with van der Waals surface area (Å²) in [5, 5.41) is 21.0. The third kappa shape index (κ3) is 13.2. The summed E-state index contributed by atoms with van der Waals surface area (Å²) in [5.74, 6) is 0.703. The second-order valence-electron chi connectivity index (χ2n) is 10.9. The normalized spacial score (nSPS) is 12.1. The first kappa shape index (κ1) is 32.8. The van der Waals surface area contributed by atoms with Crippen LogP contribution in [0.3, 0.4) is 0 Å². The lowest BCUT2D eigenvalue weighted by Gasteiger charge is -2.26. The molecule has 5 heteroatoms. The SMILES string of the molecule is CCCCOc1ccc(C(O)CN(CCCCCCOCCCCc2ccccc2)Cc2ccccc2)cc1CO. The van der Waals surface area contributed by atoms with E-state index < -0.39 is 6.10 Å². The highest BCUT2D eigenvalue weighted by molar-refractivity contribution is 5.38. The van der Waals surface area contributed by atoms with E-state index in [1.807, 2.05) is 24.3 Å². The van der Waals surface area contributed by atoms with Crippen molar-refractivity contribution < 1.29 is 19.7 Å². The van der Waals surface area contributed by atoms with Crippen LogP contribution in [0.15, 0.2) is 78.9 Å². The van der Waals surface area contributed by atoms with Gasteiger partial charge in [-0.25, -0.2) is 0 Å². The molecule has 41 heavy (non-hydrogen) atoms. The summed E-state index contributed by atoms with van der Waals surface area (Å²) in [4.78, 5) is 2.34. The molecule has 3 aromatic rings. The van der Waals surface area contributed by atoms with Crippen molar-refractivity contribution in [1.82, 2.24) is 4.90 Å². The fourth-order valence-electron chi connectivity index (χ4n) is 5.00. The number of nitrogens with zero attached hydrogens (tertiary/aromatic N) is 1. The summed E-state index contributed by atoms with van der Waals surface area (Å²) in [6.45, 7) is 6.61. The Bertz CT molecular complexity index is 1060. The van der Waals surface area contributed by atoms with Gasteiger partial charge in [0.25, 0.3) is 0 Å². The molecule has 0 aliphatic rings. The van der Waals surface area contributed by atoms with Crippen LogP contribution in [0.5, 0.6) is 5.75 Å². The minimum Gasteiger partial charge on any atom is -0.493 e. The molecule has 224 valence electrons. The number of aliphatic hydroxyl groups is 2. The number of aliphatic hydroxyl groups excluding tert-OH is 2. The van der Waals surface area contributed by atoms with Gasteiger partial charge in [0.15, 0.2) is 0 Å². The number of ether oxygens (including phenoxy) is 2. The Morgan fingerprint density at radius 1 is 0.732 bits per heavy atom. The fourth-order valence-corrected chi connectivity index (χ4v) is 5.00. The van der Waals surface area contributed by atoms with Crippen molar-refractivity contribution in [1.29, 1.82) is 0 Å². The van der Waals surface area contributed by atoms with Crippen LogP contribution in [0.25, 0.3) is 0 Å². The largest absolute Gasteiger partial charge is 0.493 e. The molecule has 0 spiro atoms. The topological polar surface area (TPSA) is 62.2 Å². The molecule has 0 aromatic heterocycles. The molecule has 0 saturated heterocycles. The van der Waals surface area contributed by atoms with Crippen molar-refractivity contribution in [3.8, 4) is 5.75 Å². The standard InChI is InChI=1S/C36H51NO4/c1-2-3-26-41-36-22-21-33(27-34(36)30-38)35(39)29-37(28-32-19-10-7-11-20-32)23-13-4-5-14-24-40-25-15-12-18-31-16-8-6-9-17-31/h6-11,16-17,19-22,27,35,38-39H,2-5,12-15,18,23-26,28-30H2,1H3. The first-order chi connectivity index (χ1) is 20.2. The summed E-state index contributed by atoms with van der Waals surface area (Å²) in [7, 11) is 0. The molecule has 0 saturated carbocycles. The van der Waals surface area contributed by atoms with Gasteiger partial charge in [-0.15, -0.1) is 0 Å². The number of hydrogen-bond donors (Lipinski definition) is 2. The van der Waals surface area contributed by atoms with Gasteiger partial charge in [0.2, 0.25) is 0 Å². The maximum Gasteiger partial charge on any atom is 0.124 e. The molecule has 3 aromatic carbocycles. The molecule has 1 atom stereocenters. The van der Waals surface area contributed by atoms with Crippen LogP contribution in [-0.2, 0) is 24.3 Å². The Balaban J connectivity index is 1.38. The Labute approximate surface area is 248 Å². The van der Waals surface area contributed by atoms with Crippen molar-refractivity contribution in [3.63, 3.8) is 0 Å². The quantitative estimate of drug-likeness (QED) is 0.124. The van der Waals surface area contributed by atoms with Gasteiger partial charge in [-0.3, -0.25) is 4.90 Å². The number of rotatable bonds is 22. The summed E-state index contributed by atoms with van der Waals surface area (Å²) in [5.41, 5.74) is 4.19. The van der Waals surface area contributed by atoms with Gasteiger partial charge in [0.1, 0.15) is 5.75 Å². The van der Waals surface area contributed by atoms with Crippen LogP contribution in [0.1, 0.15) is 86.6 Å². The van der Waals surface area contributed by atoms with Crippen molar-refractivity contribution in [2.75, 3.05) is 32.9 Å². The first-order valence-corrected chi connectivity index (χ1v) is 15.6. The first-order valence-electron chi connectivity index (χ1n) is 15.6. The number of aryl methyl sites for hydroxylation is 1. The highest BCUT2D eigenvalue weighted by Crippen LogP contribution is 2.25. The monoisotopic (exact) mass is 561 g/mol. The molecule has 0 heterocycles. The van der Waals surface area contributed by atoms with Gasteiger partial charge in [0, 0.05) is 31.9 Å². The van der Waals surface area contributed by atoms with Crippen LogP contribution in [0.2, 0.25) is 0 Å². The molecular formula is C36H51NO4. The lowest BCUT2D eigenvalue weighted by Crippen LogP contribution is -2.29. The van der Waals surface area contributed by atoms with E-state index in [4.69, 9.17) is 9.47 Å². The summed E-state index contributed by atoms with van der Waals surface area (Å²) in [6, 6.07) is 26.8. The Kier molecular flexibility index (Phi) is 16.2. The minimum atomic E-state index is -0.635. The van der Waals surface area contributed by atoms with E-state index in [0.29, 0.717) is 18.9 Å². The summed E-state index contributed by atoms with van der Waals surface area (Å²) in [6.07, 6.45) is 9.30. The van der Waals surface area contributed by atoms with Gasteiger partial charge in [-0.1, -0.05) is 92.9 Å². The Hall–Kier alpha value is -2.70. The molecule has 3 rings (SSSR count). The number of benzene rings is 3. The maximum absolute atomic E-state index is 11.1. The van der Waals surface area contributed by atoms with Crippen LogP contribution in [-0.4, -0.2) is 48.0 Å². The third-order valence-electron chi connectivity index (χ3n) is 7.44. The fraction of sp³-hybridized carbons (Fsp3) is 0.500. The highest BCUT2D eigenvalue weighted by Gasteiger charge is 2.16. The van der Waals surface area contributed by atoms with E-state index in [1.165, 1.54) is 17.5 Å². The zero-order chi connectivity index (χ0) is 29.0. The van der Waals surface area contributed by atoms with Gasteiger partial charge in [-0.2, -0.15) is 0 Å². The van der Waals surface area contributed by atoms with Crippen LogP contribution < -0.4 is 4.74 Å². The molecule has 0 bridgehead atoms. The zero-order valence-corrected chi connectivity index (χ0v) is 25.1. The molecule has 5 nitrogen and oxygen atoms in total. The van der Waals surface area contributed by atoms with Gasteiger partial charge < -0.3 is 19.7 Å². The molecule has 0 amide bonds. The minimum absolute atomic E-state index is 0.104. The lowest BCUT2D eigenvalue weighted by molar-refractivity contribution is 0.106. The summed E-state index contributed by atoms with van der Waals surface area (Å²) < 4.78 is 11.7. The van der Waals surface area contributed by atoms with E-state index in [0.717, 1.165) is 88.8 Å². The number of hydrogen-bond acceptors (Lipinski definition) is 5. The van der Waals surface area contributed by atoms with Crippen molar-refractivity contribution in [3.05, 3.63) is 101 Å². The predicted octanol–water partition coefficient (Wildman–Crippen LogP) is 7.49. The third-order valence-corrected chi connectivity index (χ3v) is 7.44. The van der Waals surface area contributed by atoms with Gasteiger partial charge >= 0.3 is 0 Å². The maximum atomic E-state index is 11.1. The molecular weight excluding hydrogens is 510 g/mol. The van der Waals surface area contributed by atoms with Crippen LogP contribution >= 0.6 is 0 Å². The molecule has 0 fully saturated rings. The van der Waals surface area contributed by atoms with Gasteiger partial charge in [0.05, 0.1) is 19.3 Å². The lowest BCUT2D eigenvalue weighted by atomic mass is 10.0. The second-order valence-corrected chi connectivity index (χ2v) is 10.9. The molecule has 2 N–H and O–H groups in total. The molecule has 1 unspecified atom stereocenters. The average Bonchev–Trinajstić information content (AvgIpc) is 3.01. The molecule has 0 radical (unpaired) electrons. The van der Waals surface area contributed by atoms with Crippen molar-refractivity contribution in [2.24, 2.45) is 0 Å². The van der Waals surface area contributed by atoms with Crippen molar-refractivity contribution >= 4 is 0 Å². The molecule has 0 aliphatic heterocycles. The number of unbranched alkanes of at least 4 members (excludes halogenated alkanes) is 5. The van der Waals surface area contributed by atoms with Crippen molar-refractivity contribution in [2.45, 2.75) is 84.0 Å². The molecule has 0 aliphatic carbocycles.